The van der Waals surface area contributed by atoms with Gasteiger partial charge in [-0.25, -0.2) is 0 Å². The van der Waals surface area contributed by atoms with Crippen LogP contribution in [0.2, 0.25) is 15.1 Å². The molecule has 3 aromatic rings. The molecule has 0 radical (unpaired) electrons. The predicted octanol–water partition coefficient (Wildman–Crippen LogP) is 6.44. The minimum atomic E-state index is -0.995. The maximum atomic E-state index is 13.7. The van der Waals surface area contributed by atoms with Crippen molar-refractivity contribution < 1.29 is 23.8 Å². The Hall–Kier alpha value is -2.97. The first-order valence-electron chi connectivity index (χ1n) is 13.8. The number of hydrogen-bond donors (Lipinski definition) is 1. The first-order valence-corrected chi connectivity index (χ1v) is 15.0. The van der Waals surface area contributed by atoms with Crippen molar-refractivity contribution in [2.75, 3.05) is 26.9 Å². The van der Waals surface area contributed by atoms with Crippen LogP contribution in [-0.2, 0) is 33.7 Å². The first kappa shape index (κ1) is 32.0. The van der Waals surface area contributed by atoms with Gasteiger partial charge < -0.3 is 24.8 Å². The Morgan fingerprint density at radius 1 is 0.905 bits per heavy atom. The van der Waals surface area contributed by atoms with Crippen LogP contribution >= 0.6 is 34.8 Å². The molecule has 0 spiro atoms. The molecule has 0 unspecified atom stereocenters. The third kappa shape index (κ3) is 8.77. The van der Waals surface area contributed by atoms with Crippen molar-refractivity contribution in [2.24, 2.45) is 11.7 Å². The van der Waals surface area contributed by atoms with Crippen molar-refractivity contribution in [1.82, 2.24) is 4.90 Å². The number of amides is 2. The van der Waals surface area contributed by atoms with Gasteiger partial charge >= 0.3 is 0 Å². The van der Waals surface area contributed by atoms with E-state index in [1.165, 1.54) is 0 Å². The van der Waals surface area contributed by atoms with Crippen molar-refractivity contribution in [3.8, 4) is 11.5 Å². The molecule has 2 N–H and O–H groups in total. The lowest BCUT2D eigenvalue weighted by molar-refractivity contribution is -0.142. The number of carbonyl (C=O) groups is 2. The molecular weight excluding hydrogens is 599 g/mol. The largest absolute Gasteiger partial charge is 0.490 e. The summed E-state index contributed by atoms with van der Waals surface area (Å²) in [7, 11) is 1.66. The fraction of sp³-hybridized carbons (Fsp3) is 0.375. The molecule has 1 aliphatic carbocycles. The molecule has 4 rings (SSSR count). The number of rotatable bonds is 15. The number of benzene rings is 3. The molecule has 1 saturated carbocycles. The van der Waals surface area contributed by atoms with Gasteiger partial charge in [0.2, 0.25) is 11.8 Å². The van der Waals surface area contributed by atoms with Crippen molar-refractivity contribution >= 4 is 46.6 Å². The number of ether oxygens (including phenoxy) is 3. The van der Waals surface area contributed by atoms with E-state index < -0.39 is 11.8 Å². The Morgan fingerprint density at radius 2 is 1.55 bits per heavy atom. The number of aryl methyl sites for hydroxylation is 1. The summed E-state index contributed by atoms with van der Waals surface area (Å²) in [6, 6.07) is 16.6. The number of nitrogens with two attached hydrogens (primary N) is 1. The SMILES string of the molecule is COCCc1ccc(Cl)c(CN(C(=O)[C@H](Cc2ccc(OCCOc3c(Cl)cc(C)cc3Cl)cc2)C(N)=O)C2CC2)c1. The molecule has 7 nitrogen and oxygen atoms in total. The number of methoxy groups -OCH3 is 1. The molecule has 42 heavy (non-hydrogen) atoms. The fourth-order valence-corrected chi connectivity index (χ4v) is 5.56. The topological polar surface area (TPSA) is 91.1 Å². The lowest BCUT2D eigenvalue weighted by Gasteiger charge is -2.27. The van der Waals surface area contributed by atoms with Crippen molar-refractivity contribution in [2.45, 2.75) is 45.2 Å². The van der Waals surface area contributed by atoms with Gasteiger partial charge in [0, 0.05) is 24.7 Å². The first-order chi connectivity index (χ1) is 20.2. The molecule has 0 bridgehead atoms. The monoisotopic (exact) mass is 632 g/mol. The number of primary amides is 1. The fourth-order valence-electron chi connectivity index (χ4n) is 4.68. The quantitative estimate of drug-likeness (QED) is 0.154. The van der Waals surface area contributed by atoms with Gasteiger partial charge in [0.05, 0.1) is 16.7 Å². The van der Waals surface area contributed by atoms with Crippen molar-refractivity contribution in [3.63, 3.8) is 0 Å². The van der Waals surface area contributed by atoms with Gasteiger partial charge in [-0.3, -0.25) is 9.59 Å². The summed E-state index contributed by atoms with van der Waals surface area (Å²) < 4.78 is 16.7. The molecule has 2 amide bonds. The number of halogens is 3. The minimum absolute atomic E-state index is 0.0701. The number of hydrogen-bond acceptors (Lipinski definition) is 5. The lowest BCUT2D eigenvalue weighted by atomic mass is 9.96. The molecule has 3 aromatic carbocycles. The zero-order valence-electron chi connectivity index (χ0n) is 23.7. The summed E-state index contributed by atoms with van der Waals surface area (Å²) in [6.45, 7) is 3.33. The van der Waals surface area contributed by atoms with Crippen molar-refractivity contribution in [3.05, 3.63) is 91.9 Å². The molecule has 1 fully saturated rings. The molecule has 0 heterocycles. The van der Waals surface area contributed by atoms with E-state index in [1.807, 2.05) is 37.3 Å². The van der Waals surface area contributed by atoms with Gasteiger partial charge in [0.25, 0.3) is 0 Å². The highest BCUT2D eigenvalue weighted by atomic mass is 35.5. The number of nitrogens with zero attached hydrogens (tertiary/aromatic N) is 1. The smallest absolute Gasteiger partial charge is 0.236 e. The molecule has 0 saturated heterocycles. The maximum Gasteiger partial charge on any atom is 0.236 e. The summed E-state index contributed by atoms with van der Waals surface area (Å²) in [5.41, 5.74) is 9.40. The van der Waals surface area contributed by atoms with E-state index in [0.717, 1.165) is 41.5 Å². The van der Waals surface area contributed by atoms with Crippen LogP contribution in [0.4, 0.5) is 0 Å². The Kier molecular flexibility index (Phi) is 11.4. The minimum Gasteiger partial charge on any atom is -0.490 e. The zero-order chi connectivity index (χ0) is 30.2. The molecule has 0 aromatic heterocycles. The maximum absolute atomic E-state index is 13.7. The standard InChI is InChI=1S/C32H35Cl3N2O5/c1-20-15-28(34)30(29(35)16-20)42-14-13-41-25-8-3-21(4-9-25)18-26(31(36)38)32(39)37(24-6-7-24)19-23-17-22(11-12-40-2)5-10-27(23)33/h3-5,8-10,15-17,24,26H,6-7,11-14,18-19H2,1-2H3,(H2,36,38)/t26-/m1/s1. The van der Waals surface area contributed by atoms with E-state index in [0.29, 0.717) is 39.7 Å². The van der Waals surface area contributed by atoms with Crippen LogP contribution in [0, 0.1) is 12.8 Å². The van der Waals surface area contributed by atoms with Gasteiger partial charge in [-0.2, -0.15) is 0 Å². The van der Waals surface area contributed by atoms with Crippen LogP contribution in [0.3, 0.4) is 0 Å². The van der Waals surface area contributed by atoms with E-state index in [2.05, 4.69) is 0 Å². The molecule has 224 valence electrons. The van der Waals surface area contributed by atoms with Gasteiger partial charge in [0.1, 0.15) is 24.9 Å². The summed E-state index contributed by atoms with van der Waals surface area (Å²) >= 11 is 18.9. The third-order valence-corrected chi connectivity index (χ3v) is 7.99. The highest BCUT2D eigenvalue weighted by Crippen LogP contribution is 2.34. The van der Waals surface area contributed by atoms with Crippen LogP contribution in [0.25, 0.3) is 0 Å². The van der Waals surface area contributed by atoms with Crippen LogP contribution in [0.1, 0.15) is 35.1 Å². The second-order valence-corrected chi connectivity index (χ2v) is 11.6. The Balaban J connectivity index is 1.36. The molecule has 1 atom stereocenters. The lowest BCUT2D eigenvalue weighted by Crippen LogP contribution is -2.43. The second kappa shape index (κ2) is 15.0. The van der Waals surface area contributed by atoms with Gasteiger partial charge in [-0.1, -0.05) is 59.1 Å². The summed E-state index contributed by atoms with van der Waals surface area (Å²) in [4.78, 5) is 27.9. The molecule has 1 aliphatic rings. The molecule has 10 heteroatoms. The van der Waals surface area contributed by atoms with E-state index in [9.17, 15) is 9.59 Å². The highest BCUT2D eigenvalue weighted by Gasteiger charge is 2.38. The van der Waals surface area contributed by atoms with Crippen LogP contribution in [-0.4, -0.2) is 49.7 Å². The summed E-state index contributed by atoms with van der Waals surface area (Å²) in [5, 5.41) is 1.47. The molecule has 0 aliphatic heterocycles. The average Bonchev–Trinajstić information content (AvgIpc) is 3.79. The summed E-state index contributed by atoms with van der Waals surface area (Å²) in [5.74, 6) is -0.893. The van der Waals surface area contributed by atoms with E-state index in [1.54, 1.807) is 36.3 Å². The van der Waals surface area contributed by atoms with E-state index in [4.69, 9.17) is 54.7 Å². The number of carbonyl (C=O) groups excluding carboxylic acids is 2. The van der Waals surface area contributed by atoms with Gasteiger partial charge in [0.15, 0.2) is 5.75 Å². The van der Waals surface area contributed by atoms with Crippen LogP contribution in [0.15, 0.2) is 54.6 Å². The van der Waals surface area contributed by atoms with Crippen molar-refractivity contribution in [1.29, 1.82) is 0 Å². The van der Waals surface area contributed by atoms with Crippen LogP contribution in [0.5, 0.6) is 11.5 Å². The van der Waals surface area contributed by atoms with E-state index in [-0.39, 0.29) is 31.6 Å². The Morgan fingerprint density at radius 3 is 2.17 bits per heavy atom. The summed E-state index contributed by atoms with van der Waals surface area (Å²) in [6.07, 6.45) is 2.70. The zero-order valence-corrected chi connectivity index (χ0v) is 26.0. The van der Waals surface area contributed by atoms with Gasteiger partial charge in [-0.15, -0.1) is 0 Å². The van der Waals surface area contributed by atoms with Gasteiger partial charge in [-0.05, 0) is 85.2 Å². The highest BCUT2D eigenvalue weighted by molar-refractivity contribution is 6.37. The average molecular weight is 634 g/mol. The third-order valence-electron chi connectivity index (χ3n) is 7.06. The molecular formula is C32H35Cl3N2O5. The normalized spacial score (nSPS) is 13.5. The van der Waals surface area contributed by atoms with Crippen LogP contribution < -0.4 is 15.2 Å². The predicted molar refractivity (Wildman–Crippen MR) is 166 cm³/mol. The Bertz CT molecular complexity index is 1370. The van der Waals surface area contributed by atoms with E-state index >= 15 is 0 Å². The Labute approximate surface area is 261 Å². The second-order valence-electron chi connectivity index (χ2n) is 10.4.